The van der Waals surface area contributed by atoms with E-state index in [1.807, 2.05) is 25.1 Å². The second kappa shape index (κ2) is 7.03. The lowest BCUT2D eigenvalue weighted by atomic mass is 10.1. The first-order valence-electron chi connectivity index (χ1n) is 9.21. The number of rotatable bonds is 3. The molecule has 8 heteroatoms. The zero-order valence-corrected chi connectivity index (χ0v) is 16.0. The molecule has 28 heavy (non-hydrogen) atoms. The molecule has 146 valence electrons. The number of pyridine rings is 1. The van der Waals surface area contributed by atoms with Crippen LogP contribution < -0.4 is 20.3 Å². The maximum atomic E-state index is 12.9. The van der Waals surface area contributed by atoms with Gasteiger partial charge in [0.25, 0.3) is 11.5 Å². The van der Waals surface area contributed by atoms with Crippen molar-refractivity contribution in [2.75, 3.05) is 13.2 Å². The number of H-pyrrole nitrogens is 1. The number of aromatic amines is 1. The number of aromatic nitrogens is 3. The van der Waals surface area contributed by atoms with Crippen LogP contribution in [0.1, 0.15) is 41.0 Å². The van der Waals surface area contributed by atoms with Crippen molar-refractivity contribution in [2.24, 2.45) is 7.05 Å². The van der Waals surface area contributed by atoms with Crippen molar-refractivity contribution < 1.29 is 14.3 Å². The predicted octanol–water partition coefficient (Wildman–Crippen LogP) is 2.22. The Morgan fingerprint density at radius 2 is 2.00 bits per heavy atom. The van der Waals surface area contributed by atoms with E-state index in [4.69, 9.17) is 9.47 Å². The number of benzene rings is 1. The summed E-state index contributed by atoms with van der Waals surface area (Å²) in [7, 11) is 1.69. The van der Waals surface area contributed by atoms with E-state index in [-0.39, 0.29) is 22.9 Å². The van der Waals surface area contributed by atoms with Crippen LogP contribution in [-0.4, -0.2) is 33.9 Å². The van der Waals surface area contributed by atoms with Gasteiger partial charge in [-0.15, -0.1) is 0 Å². The first kappa shape index (κ1) is 18.1. The molecule has 1 atom stereocenters. The summed E-state index contributed by atoms with van der Waals surface area (Å²) in [5.74, 6) is 1.06. The maximum Gasteiger partial charge on any atom is 0.274 e. The molecule has 2 aromatic heterocycles. The Kier molecular flexibility index (Phi) is 4.54. The van der Waals surface area contributed by atoms with Crippen LogP contribution in [0.4, 0.5) is 0 Å². The topological polar surface area (TPSA) is 98.2 Å². The fourth-order valence-corrected chi connectivity index (χ4v) is 3.37. The lowest BCUT2D eigenvalue weighted by Crippen LogP contribution is -2.27. The van der Waals surface area contributed by atoms with Crippen molar-refractivity contribution in [2.45, 2.75) is 26.3 Å². The number of carbonyl (C=O) groups excluding carboxylic acids is 1. The van der Waals surface area contributed by atoms with Gasteiger partial charge in [-0.3, -0.25) is 19.4 Å². The van der Waals surface area contributed by atoms with Crippen LogP contribution in [0.25, 0.3) is 11.0 Å². The fraction of sp³-hybridized carbons (Fsp3) is 0.350. The number of ether oxygens (including phenoxy) is 2. The Morgan fingerprint density at radius 3 is 2.79 bits per heavy atom. The van der Waals surface area contributed by atoms with Gasteiger partial charge in [0.05, 0.1) is 30.2 Å². The largest absolute Gasteiger partial charge is 0.490 e. The van der Waals surface area contributed by atoms with E-state index < -0.39 is 0 Å². The molecule has 1 unspecified atom stereocenters. The van der Waals surface area contributed by atoms with E-state index in [0.29, 0.717) is 41.6 Å². The van der Waals surface area contributed by atoms with Crippen LogP contribution >= 0.6 is 0 Å². The van der Waals surface area contributed by atoms with Crippen LogP contribution in [0.3, 0.4) is 0 Å². The molecular weight excluding hydrogens is 360 g/mol. The number of fused-ring (bicyclic) bond motifs is 2. The van der Waals surface area contributed by atoms with Gasteiger partial charge in [0.15, 0.2) is 17.1 Å². The fourth-order valence-electron chi connectivity index (χ4n) is 3.37. The Bertz CT molecular complexity index is 1120. The minimum Gasteiger partial charge on any atom is -0.490 e. The number of nitrogens with zero attached hydrogens (tertiary/aromatic N) is 2. The Morgan fingerprint density at radius 1 is 1.25 bits per heavy atom. The second-order valence-corrected chi connectivity index (χ2v) is 6.96. The number of nitrogens with one attached hydrogen (secondary N) is 2. The number of hydrogen-bond donors (Lipinski definition) is 2. The Labute approximate surface area is 161 Å². The zero-order chi connectivity index (χ0) is 19.8. The zero-order valence-electron chi connectivity index (χ0n) is 16.0. The van der Waals surface area contributed by atoms with Gasteiger partial charge in [-0.2, -0.15) is 0 Å². The molecule has 0 saturated carbocycles. The summed E-state index contributed by atoms with van der Waals surface area (Å²) in [4.78, 5) is 29.6. The monoisotopic (exact) mass is 382 g/mol. The molecule has 2 N–H and O–H groups in total. The van der Waals surface area contributed by atoms with E-state index in [2.05, 4.69) is 15.4 Å². The van der Waals surface area contributed by atoms with Crippen molar-refractivity contribution in [3.05, 3.63) is 51.4 Å². The smallest absolute Gasteiger partial charge is 0.274 e. The van der Waals surface area contributed by atoms with E-state index in [1.54, 1.807) is 20.0 Å². The molecule has 4 rings (SSSR count). The molecule has 0 bridgehead atoms. The summed E-state index contributed by atoms with van der Waals surface area (Å²) in [6.45, 7) is 4.91. The van der Waals surface area contributed by atoms with Crippen LogP contribution in [0, 0.1) is 6.92 Å². The second-order valence-electron chi connectivity index (χ2n) is 6.96. The van der Waals surface area contributed by atoms with Crippen LogP contribution in [0.2, 0.25) is 0 Å². The molecular formula is C20H22N4O4. The third-order valence-electron chi connectivity index (χ3n) is 4.81. The van der Waals surface area contributed by atoms with Crippen molar-refractivity contribution in [3.63, 3.8) is 0 Å². The highest BCUT2D eigenvalue weighted by Gasteiger charge is 2.20. The average molecular weight is 382 g/mol. The highest BCUT2D eigenvalue weighted by Crippen LogP contribution is 2.32. The van der Waals surface area contributed by atoms with Crippen molar-refractivity contribution in [1.29, 1.82) is 0 Å². The van der Waals surface area contributed by atoms with E-state index >= 15 is 0 Å². The van der Waals surface area contributed by atoms with Gasteiger partial charge in [0.1, 0.15) is 0 Å². The number of hydrogen-bond acceptors (Lipinski definition) is 5. The van der Waals surface area contributed by atoms with Gasteiger partial charge in [0.2, 0.25) is 0 Å². The van der Waals surface area contributed by atoms with E-state index in [1.165, 1.54) is 4.68 Å². The van der Waals surface area contributed by atoms with Gasteiger partial charge in [-0.25, -0.2) is 4.98 Å². The third-order valence-corrected chi connectivity index (χ3v) is 4.81. The normalized spacial score (nSPS) is 14.5. The molecule has 0 spiro atoms. The minimum absolute atomic E-state index is 0.282. The van der Waals surface area contributed by atoms with Crippen molar-refractivity contribution in [1.82, 2.24) is 20.1 Å². The first-order chi connectivity index (χ1) is 13.4. The summed E-state index contributed by atoms with van der Waals surface area (Å²) in [5.41, 5.74) is 1.99. The van der Waals surface area contributed by atoms with Crippen LogP contribution in [0.5, 0.6) is 11.5 Å². The van der Waals surface area contributed by atoms with Gasteiger partial charge >= 0.3 is 0 Å². The predicted molar refractivity (Wildman–Crippen MR) is 104 cm³/mol. The summed E-state index contributed by atoms with van der Waals surface area (Å²) >= 11 is 0. The van der Waals surface area contributed by atoms with E-state index in [9.17, 15) is 9.59 Å². The van der Waals surface area contributed by atoms with Crippen LogP contribution in [0.15, 0.2) is 29.1 Å². The molecule has 1 aromatic carbocycles. The number of carbonyl (C=O) groups is 1. The molecule has 0 saturated heterocycles. The lowest BCUT2D eigenvalue weighted by Gasteiger charge is -2.17. The molecule has 8 nitrogen and oxygen atoms in total. The molecule has 0 aliphatic carbocycles. The summed E-state index contributed by atoms with van der Waals surface area (Å²) in [6.07, 6.45) is 0.833. The highest BCUT2D eigenvalue weighted by molar-refractivity contribution is 6.05. The number of amides is 1. The lowest BCUT2D eigenvalue weighted by molar-refractivity contribution is 0.0941. The third kappa shape index (κ3) is 3.21. The minimum atomic E-state index is -0.335. The van der Waals surface area contributed by atoms with Crippen molar-refractivity contribution in [3.8, 4) is 11.5 Å². The highest BCUT2D eigenvalue weighted by atomic mass is 16.5. The molecule has 3 aromatic rings. The van der Waals surface area contributed by atoms with Gasteiger partial charge in [0, 0.05) is 19.2 Å². The Hall–Kier alpha value is -3.29. The molecule has 3 heterocycles. The molecule has 1 aliphatic rings. The van der Waals surface area contributed by atoms with Crippen molar-refractivity contribution >= 4 is 16.9 Å². The first-order valence-corrected chi connectivity index (χ1v) is 9.21. The summed E-state index contributed by atoms with van der Waals surface area (Å²) in [6, 6.07) is 6.99. The quantitative estimate of drug-likeness (QED) is 0.724. The average Bonchev–Trinajstić information content (AvgIpc) is 2.84. The standard InChI is InChI=1S/C20H22N4O4/c1-11-9-14(17-18(21-11)24(3)23-20(17)26)19(25)22-12(2)13-5-6-15-16(10-13)28-8-4-7-27-15/h5-6,9-10,12H,4,7-8H2,1-3H3,(H,22,25)(H,23,26). The molecule has 1 aliphatic heterocycles. The van der Waals surface area contributed by atoms with Gasteiger partial charge < -0.3 is 14.8 Å². The summed E-state index contributed by atoms with van der Waals surface area (Å²) in [5, 5.41) is 5.91. The molecule has 1 amide bonds. The maximum absolute atomic E-state index is 12.9. The molecule has 0 radical (unpaired) electrons. The van der Waals surface area contributed by atoms with Crippen LogP contribution in [-0.2, 0) is 7.05 Å². The van der Waals surface area contributed by atoms with Gasteiger partial charge in [-0.1, -0.05) is 6.07 Å². The van der Waals surface area contributed by atoms with Gasteiger partial charge in [-0.05, 0) is 37.6 Å². The molecule has 0 fully saturated rings. The Balaban J connectivity index is 1.63. The summed E-state index contributed by atoms with van der Waals surface area (Å²) < 4.78 is 12.9. The van der Waals surface area contributed by atoms with E-state index in [0.717, 1.165) is 12.0 Å². The number of aryl methyl sites for hydroxylation is 2. The SMILES string of the molecule is Cc1cc(C(=O)NC(C)c2ccc3c(c2)OCCCO3)c2c(=O)[nH]n(C)c2n1.